The Morgan fingerprint density at radius 1 is 1.00 bits per heavy atom. The molecule has 0 bridgehead atoms. The summed E-state index contributed by atoms with van der Waals surface area (Å²) in [7, 11) is -3.54. The van der Waals surface area contributed by atoms with Crippen LogP contribution >= 0.6 is 0 Å². The maximum atomic E-state index is 14.5. The highest BCUT2D eigenvalue weighted by atomic mass is 32.2. The van der Waals surface area contributed by atoms with Crippen molar-refractivity contribution in [1.29, 1.82) is 0 Å². The second-order valence-electron chi connectivity index (χ2n) is 16.2. The van der Waals surface area contributed by atoms with Gasteiger partial charge >= 0.3 is 6.03 Å². The minimum atomic E-state index is -3.54. The molecule has 0 radical (unpaired) electrons. The fraction of sp³-hybridized carbons (Fsp3) is 0.806. The number of sulfone groups is 1. The molecule has 6 atom stereocenters. The van der Waals surface area contributed by atoms with Gasteiger partial charge in [0.1, 0.15) is 12.1 Å². The first-order valence-corrected chi connectivity index (χ1v) is 19.8. The number of carbonyl (C=O) groups is 5. The molecule has 0 aromatic heterocycles. The molecule has 3 aliphatic rings. The molecule has 0 aromatic carbocycles. The number of fused-ring (bicyclic) bond motifs is 1. The van der Waals surface area contributed by atoms with Gasteiger partial charge in [-0.25, -0.2) is 13.2 Å². The third-order valence-electron chi connectivity index (χ3n) is 11.0. The van der Waals surface area contributed by atoms with Crippen molar-refractivity contribution in [2.24, 2.45) is 29.1 Å². The average Bonchev–Trinajstić information content (AvgIpc) is 3.33. The molecule has 4 N–H and O–H groups in total. The van der Waals surface area contributed by atoms with Crippen molar-refractivity contribution in [3.05, 3.63) is 12.7 Å². The molecular weight excluding hydrogens is 646 g/mol. The quantitative estimate of drug-likeness (QED) is 0.141. The Morgan fingerprint density at radius 3 is 2.18 bits per heavy atom. The number of unbranched alkanes of at least 4 members (excludes halogenated alkanes) is 1. The minimum absolute atomic E-state index is 0.0710. The third kappa shape index (κ3) is 9.64. The maximum absolute atomic E-state index is 14.5. The van der Waals surface area contributed by atoms with E-state index in [0.29, 0.717) is 13.0 Å². The van der Waals surface area contributed by atoms with E-state index in [-0.39, 0.29) is 53.7 Å². The van der Waals surface area contributed by atoms with Crippen molar-refractivity contribution in [2.75, 3.05) is 18.8 Å². The van der Waals surface area contributed by atoms with Crippen LogP contribution in [0.3, 0.4) is 0 Å². The Kier molecular flexibility index (Phi) is 13.5. The van der Waals surface area contributed by atoms with E-state index in [4.69, 9.17) is 0 Å². The Bertz CT molecular complexity index is 1350. The number of hydrogen-bond acceptors (Lipinski definition) is 7. The standard InChI is InChI=1S/C36H61N5O7S/c1-10-12-18-25(30(42)32(44)37-19-11-2)38-31(43)29-27-24(36(27,8)9)20-41(29)33(45)28(23-16-14-13-15-17-23)40-34(46)39-26(22(3)4)21-49(47,48)35(5,6)7/h11,22-29H,2,10,12-21H2,1,3-9H3,(H,37,44)(H,38,43)(H2,39,40,46)/t24?,25?,26-,27?,28+,29+/m1/s1. The molecule has 1 heterocycles. The Morgan fingerprint density at radius 2 is 1.63 bits per heavy atom. The van der Waals surface area contributed by atoms with Gasteiger partial charge in [-0.1, -0.05) is 72.8 Å². The molecule has 5 amide bonds. The number of hydrogen-bond donors (Lipinski definition) is 4. The van der Waals surface area contributed by atoms with Gasteiger partial charge in [0.15, 0.2) is 9.84 Å². The zero-order valence-electron chi connectivity index (χ0n) is 30.9. The summed E-state index contributed by atoms with van der Waals surface area (Å²) < 4.78 is 25.1. The van der Waals surface area contributed by atoms with Crippen molar-refractivity contribution in [3.8, 4) is 0 Å². The van der Waals surface area contributed by atoms with Gasteiger partial charge < -0.3 is 26.2 Å². The number of likely N-dealkylation sites (tertiary alicyclic amines) is 1. The normalized spacial score (nSPS) is 23.9. The summed E-state index contributed by atoms with van der Waals surface area (Å²) in [5.41, 5.74) is -0.197. The van der Waals surface area contributed by atoms with Crippen LogP contribution in [0.1, 0.15) is 107 Å². The van der Waals surface area contributed by atoms with Crippen molar-refractivity contribution in [1.82, 2.24) is 26.2 Å². The molecule has 49 heavy (non-hydrogen) atoms. The highest BCUT2D eigenvalue weighted by molar-refractivity contribution is 7.92. The van der Waals surface area contributed by atoms with Crippen LogP contribution in [0.2, 0.25) is 0 Å². The predicted molar refractivity (Wildman–Crippen MR) is 190 cm³/mol. The van der Waals surface area contributed by atoms with E-state index in [9.17, 15) is 32.4 Å². The summed E-state index contributed by atoms with van der Waals surface area (Å²) in [6.07, 6.45) is 7.46. The molecule has 2 saturated carbocycles. The SMILES string of the molecule is C=CCNC(=O)C(=O)C(CCCC)NC(=O)[C@@H]1C2C(CN1C(=O)[C@@H](NC(=O)N[C@H](CS(=O)(=O)C(C)(C)C)C(C)C)C1CCCCC1)C2(C)C. The molecule has 278 valence electrons. The number of nitrogens with zero attached hydrogens (tertiary/aromatic N) is 1. The number of urea groups is 1. The molecular formula is C36H61N5O7S. The van der Waals surface area contributed by atoms with Crippen molar-refractivity contribution in [2.45, 2.75) is 136 Å². The minimum Gasteiger partial charge on any atom is -0.346 e. The van der Waals surface area contributed by atoms with Crippen LogP contribution in [-0.4, -0.2) is 90.6 Å². The van der Waals surface area contributed by atoms with Crippen LogP contribution in [-0.2, 0) is 29.0 Å². The maximum Gasteiger partial charge on any atom is 0.315 e. The number of rotatable bonds is 16. The van der Waals surface area contributed by atoms with Crippen molar-refractivity contribution >= 4 is 39.4 Å². The monoisotopic (exact) mass is 707 g/mol. The van der Waals surface area contributed by atoms with Gasteiger partial charge in [0, 0.05) is 19.1 Å². The topological polar surface area (TPSA) is 171 Å². The van der Waals surface area contributed by atoms with E-state index in [2.05, 4.69) is 41.7 Å². The second kappa shape index (κ2) is 16.4. The Labute approximate surface area is 293 Å². The lowest BCUT2D eigenvalue weighted by Crippen LogP contribution is -2.61. The first kappa shape index (κ1) is 40.5. The third-order valence-corrected chi connectivity index (χ3v) is 13.7. The van der Waals surface area contributed by atoms with Gasteiger partial charge in [-0.05, 0) is 69.1 Å². The molecule has 3 rings (SSSR count). The largest absolute Gasteiger partial charge is 0.346 e. The lowest BCUT2D eigenvalue weighted by Gasteiger charge is -2.37. The predicted octanol–water partition coefficient (Wildman–Crippen LogP) is 3.50. The molecule has 3 fully saturated rings. The summed E-state index contributed by atoms with van der Waals surface area (Å²) >= 11 is 0. The molecule has 0 spiro atoms. The highest BCUT2D eigenvalue weighted by Gasteiger charge is 2.69. The number of ketones is 1. The number of nitrogens with one attached hydrogen (secondary N) is 4. The van der Waals surface area contributed by atoms with E-state index in [1.54, 1.807) is 25.7 Å². The first-order chi connectivity index (χ1) is 22.8. The molecule has 1 aliphatic heterocycles. The highest BCUT2D eigenvalue weighted by Crippen LogP contribution is 2.65. The summed E-state index contributed by atoms with van der Waals surface area (Å²) in [5, 5.41) is 11.1. The first-order valence-electron chi connectivity index (χ1n) is 18.1. The van der Waals surface area contributed by atoms with E-state index >= 15 is 0 Å². The molecule has 2 aliphatic carbocycles. The lowest BCUT2D eigenvalue weighted by molar-refractivity contribution is -0.144. The lowest BCUT2D eigenvalue weighted by atomic mass is 9.83. The smallest absolute Gasteiger partial charge is 0.315 e. The van der Waals surface area contributed by atoms with Crippen LogP contribution < -0.4 is 21.3 Å². The van der Waals surface area contributed by atoms with Gasteiger partial charge in [0.05, 0.1) is 16.5 Å². The fourth-order valence-corrected chi connectivity index (χ4v) is 8.86. The number of amides is 5. The van der Waals surface area contributed by atoms with Crippen LogP contribution in [0, 0.1) is 29.1 Å². The fourth-order valence-electron chi connectivity index (χ4n) is 7.42. The molecule has 1 saturated heterocycles. The summed E-state index contributed by atoms with van der Waals surface area (Å²) in [4.78, 5) is 69.5. The molecule has 13 heteroatoms. The van der Waals surface area contributed by atoms with Crippen LogP contribution in [0.5, 0.6) is 0 Å². The second-order valence-corrected chi connectivity index (χ2v) is 19.0. The van der Waals surface area contributed by atoms with E-state index in [1.807, 2.05) is 20.8 Å². The zero-order valence-corrected chi connectivity index (χ0v) is 31.7. The number of Topliss-reactive ketones (excluding diaryl/α,β-unsaturated/α-hetero) is 1. The van der Waals surface area contributed by atoms with Gasteiger partial charge in [0.25, 0.3) is 5.91 Å². The summed E-state index contributed by atoms with van der Waals surface area (Å²) in [6.45, 7) is 18.7. The Hall–Kier alpha value is -2.96. The molecule has 3 unspecified atom stereocenters. The number of piperidine rings is 1. The van der Waals surface area contributed by atoms with Crippen molar-refractivity contribution in [3.63, 3.8) is 0 Å². The van der Waals surface area contributed by atoms with Crippen LogP contribution in [0.25, 0.3) is 0 Å². The van der Waals surface area contributed by atoms with E-state index in [1.165, 1.54) is 6.08 Å². The molecule has 12 nitrogen and oxygen atoms in total. The Balaban J connectivity index is 1.87. The van der Waals surface area contributed by atoms with Gasteiger partial charge in [0.2, 0.25) is 17.6 Å². The average molecular weight is 708 g/mol. The van der Waals surface area contributed by atoms with Gasteiger partial charge in [-0.3, -0.25) is 19.2 Å². The molecule has 0 aromatic rings. The number of carbonyl (C=O) groups excluding carboxylic acids is 5. The van der Waals surface area contributed by atoms with Crippen LogP contribution in [0.4, 0.5) is 4.79 Å². The summed E-state index contributed by atoms with van der Waals surface area (Å²) in [6, 6.07) is -4.10. The summed E-state index contributed by atoms with van der Waals surface area (Å²) in [5.74, 6) is -3.00. The van der Waals surface area contributed by atoms with E-state index < -0.39 is 62.4 Å². The van der Waals surface area contributed by atoms with Crippen LogP contribution in [0.15, 0.2) is 12.7 Å². The van der Waals surface area contributed by atoms with Gasteiger partial charge in [-0.2, -0.15) is 0 Å². The zero-order chi connectivity index (χ0) is 36.9. The van der Waals surface area contributed by atoms with Crippen molar-refractivity contribution < 1.29 is 32.4 Å². The van der Waals surface area contributed by atoms with E-state index in [0.717, 1.165) is 38.5 Å². The van der Waals surface area contributed by atoms with Gasteiger partial charge in [-0.15, -0.1) is 6.58 Å².